The summed E-state index contributed by atoms with van der Waals surface area (Å²) in [6.45, 7) is 2.16. The molecule has 7 heteroatoms. The summed E-state index contributed by atoms with van der Waals surface area (Å²) < 4.78 is 13.4. The molecule has 2 fully saturated rings. The van der Waals surface area contributed by atoms with Gasteiger partial charge in [-0.1, -0.05) is 6.07 Å². The van der Waals surface area contributed by atoms with E-state index in [4.69, 9.17) is 0 Å². The molecule has 6 nitrogen and oxygen atoms in total. The van der Waals surface area contributed by atoms with Gasteiger partial charge in [-0.05, 0) is 62.6 Å². The standard InChI is InChI=1S/C23H27FN4O2/c1-27-15-18(22(29)26-20-4-2-3-19(24)14-20)13-21(27)16-7-11-28(12-8-16)23(30)17-5-9-25-10-6-17/h2-6,9-10,14,16,18,21H,7-8,11-13,15H2,1H3,(H,26,29)/t18-,21-/m1/s1. The molecule has 2 amide bonds. The lowest BCUT2D eigenvalue weighted by molar-refractivity contribution is -0.119. The lowest BCUT2D eigenvalue weighted by atomic mass is 9.86. The monoisotopic (exact) mass is 410 g/mol. The molecule has 30 heavy (non-hydrogen) atoms. The van der Waals surface area contributed by atoms with E-state index >= 15 is 0 Å². The van der Waals surface area contributed by atoms with Crippen molar-refractivity contribution in [3.05, 3.63) is 60.2 Å². The number of aromatic nitrogens is 1. The fraction of sp³-hybridized carbons (Fsp3) is 0.435. The van der Waals surface area contributed by atoms with Crippen molar-refractivity contribution in [2.75, 3.05) is 32.0 Å². The Bertz CT molecular complexity index is 899. The van der Waals surface area contributed by atoms with Gasteiger partial charge in [-0.2, -0.15) is 0 Å². The number of piperidine rings is 1. The molecule has 2 aromatic rings. The van der Waals surface area contributed by atoms with Gasteiger partial charge in [-0.25, -0.2) is 4.39 Å². The quantitative estimate of drug-likeness (QED) is 0.842. The number of carbonyl (C=O) groups excluding carboxylic acids is 2. The van der Waals surface area contributed by atoms with Crippen LogP contribution in [0, 0.1) is 17.7 Å². The van der Waals surface area contributed by atoms with Gasteiger partial charge in [0.25, 0.3) is 5.91 Å². The second-order valence-corrected chi connectivity index (χ2v) is 8.30. The normalized spacial score (nSPS) is 22.8. The zero-order chi connectivity index (χ0) is 21.1. The summed E-state index contributed by atoms with van der Waals surface area (Å²) in [6, 6.07) is 9.82. The maximum atomic E-state index is 13.4. The Morgan fingerprint density at radius 1 is 1.13 bits per heavy atom. The third kappa shape index (κ3) is 4.51. The van der Waals surface area contributed by atoms with Crippen LogP contribution in [0.3, 0.4) is 0 Å². The van der Waals surface area contributed by atoms with E-state index in [1.807, 2.05) is 4.90 Å². The van der Waals surface area contributed by atoms with Crippen LogP contribution in [0.15, 0.2) is 48.8 Å². The first kappa shape index (κ1) is 20.5. The van der Waals surface area contributed by atoms with Gasteiger partial charge in [0.15, 0.2) is 0 Å². The first-order valence-corrected chi connectivity index (χ1v) is 10.5. The molecule has 0 bridgehead atoms. The highest BCUT2D eigenvalue weighted by Gasteiger charge is 2.39. The SMILES string of the molecule is CN1C[C@H](C(=O)Nc2cccc(F)c2)C[C@@H]1C1CCN(C(=O)c2ccncc2)CC1. The first-order valence-electron chi connectivity index (χ1n) is 10.5. The molecule has 0 unspecified atom stereocenters. The van der Waals surface area contributed by atoms with Gasteiger partial charge >= 0.3 is 0 Å². The highest BCUT2D eigenvalue weighted by Crippen LogP contribution is 2.33. The summed E-state index contributed by atoms with van der Waals surface area (Å²) in [4.78, 5) is 33.5. The van der Waals surface area contributed by atoms with Gasteiger partial charge in [0, 0.05) is 49.3 Å². The number of pyridine rings is 1. The average molecular weight is 410 g/mol. The first-order chi connectivity index (χ1) is 14.5. The van der Waals surface area contributed by atoms with Crippen LogP contribution in [-0.2, 0) is 4.79 Å². The summed E-state index contributed by atoms with van der Waals surface area (Å²) >= 11 is 0. The Morgan fingerprint density at radius 3 is 2.57 bits per heavy atom. The van der Waals surface area contributed by atoms with Crippen LogP contribution in [-0.4, -0.2) is 59.3 Å². The molecule has 158 valence electrons. The molecule has 2 aliphatic rings. The Kier molecular flexibility index (Phi) is 6.08. The number of hydrogen-bond donors (Lipinski definition) is 1. The topological polar surface area (TPSA) is 65.5 Å². The predicted molar refractivity (Wildman–Crippen MR) is 112 cm³/mol. The van der Waals surface area contributed by atoms with Gasteiger partial charge in [-0.3, -0.25) is 14.6 Å². The van der Waals surface area contributed by atoms with E-state index in [1.165, 1.54) is 12.1 Å². The largest absolute Gasteiger partial charge is 0.339 e. The Hall–Kier alpha value is -2.80. The third-order valence-electron chi connectivity index (χ3n) is 6.36. The van der Waals surface area contributed by atoms with Gasteiger partial charge < -0.3 is 15.1 Å². The van der Waals surface area contributed by atoms with Crippen LogP contribution >= 0.6 is 0 Å². The molecule has 2 saturated heterocycles. The molecule has 0 saturated carbocycles. The van der Waals surface area contributed by atoms with Gasteiger partial charge in [0.05, 0.1) is 5.92 Å². The third-order valence-corrected chi connectivity index (χ3v) is 6.36. The van der Waals surface area contributed by atoms with Crippen LogP contribution in [0.25, 0.3) is 0 Å². The van der Waals surface area contributed by atoms with E-state index in [1.54, 1.807) is 36.7 Å². The van der Waals surface area contributed by atoms with Crippen LogP contribution in [0.4, 0.5) is 10.1 Å². The number of rotatable bonds is 4. The Balaban J connectivity index is 1.31. The highest BCUT2D eigenvalue weighted by atomic mass is 19.1. The maximum Gasteiger partial charge on any atom is 0.253 e. The lowest BCUT2D eigenvalue weighted by Crippen LogP contribution is -2.43. The number of nitrogens with zero attached hydrogens (tertiary/aromatic N) is 3. The van der Waals surface area contributed by atoms with Crippen molar-refractivity contribution in [3.63, 3.8) is 0 Å². The van der Waals surface area contributed by atoms with Crippen LogP contribution in [0.2, 0.25) is 0 Å². The van der Waals surface area contributed by atoms with Crippen LogP contribution in [0.5, 0.6) is 0 Å². The molecule has 1 aromatic heterocycles. The molecule has 2 atom stereocenters. The molecular weight excluding hydrogens is 383 g/mol. The number of hydrogen-bond acceptors (Lipinski definition) is 4. The van der Waals surface area contributed by atoms with Crippen molar-refractivity contribution in [3.8, 4) is 0 Å². The van der Waals surface area contributed by atoms with E-state index in [-0.39, 0.29) is 23.5 Å². The number of likely N-dealkylation sites (tertiary alicyclic amines) is 2. The number of halogens is 1. The molecule has 0 radical (unpaired) electrons. The van der Waals surface area contributed by atoms with E-state index in [2.05, 4.69) is 22.2 Å². The number of amides is 2. The zero-order valence-corrected chi connectivity index (χ0v) is 17.1. The Morgan fingerprint density at radius 2 is 1.87 bits per heavy atom. The molecule has 0 aliphatic carbocycles. The number of carbonyl (C=O) groups is 2. The minimum Gasteiger partial charge on any atom is -0.339 e. The molecule has 1 N–H and O–H groups in total. The molecule has 4 rings (SSSR count). The summed E-state index contributed by atoms with van der Waals surface area (Å²) in [7, 11) is 2.06. The molecule has 0 spiro atoms. The maximum absolute atomic E-state index is 13.4. The lowest BCUT2D eigenvalue weighted by Gasteiger charge is -2.37. The number of nitrogens with one attached hydrogen (secondary N) is 1. The zero-order valence-electron chi connectivity index (χ0n) is 17.1. The van der Waals surface area contributed by atoms with Gasteiger partial charge in [0.2, 0.25) is 5.91 Å². The van der Waals surface area contributed by atoms with E-state index in [9.17, 15) is 14.0 Å². The van der Waals surface area contributed by atoms with Crippen LogP contribution in [0.1, 0.15) is 29.6 Å². The minimum absolute atomic E-state index is 0.0553. The van der Waals surface area contributed by atoms with Crippen molar-refractivity contribution >= 4 is 17.5 Å². The smallest absolute Gasteiger partial charge is 0.253 e. The fourth-order valence-electron chi connectivity index (χ4n) is 4.75. The van der Waals surface area contributed by atoms with Crippen molar-refractivity contribution in [1.82, 2.24) is 14.8 Å². The Labute approximate surface area is 176 Å². The van der Waals surface area contributed by atoms with E-state index in [0.717, 1.165) is 32.4 Å². The summed E-state index contributed by atoms with van der Waals surface area (Å²) in [5.41, 5.74) is 1.17. The van der Waals surface area contributed by atoms with Crippen molar-refractivity contribution < 1.29 is 14.0 Å². The minimum atomic E-state index is -0.359. The molecule has 1 aromatic carbocycles. The molecule has 2 aliphatic heterocycles. The summed E-state index contributed by atoms with van der Waals surface area (Å²) in [5, 5.41) is 2.85. The van der Waals surface area contributed by atoms with Crippen molar-refractivity contribution in [2.24, 2.45) is 11.8 Å². The van der Waals surface area contributed by atoms with Gasteiger partial charge in [-0.15, -0.1) is 0 Å². The average Bonchev–Trinajstić information content (AvgIpc) is 3.16. The fourth-order valence-corrected chi connectivity index (χ4v) is 4.75. The van der Waals surface area contributed by atoms with Crippen molar-refractivity contribution in [1.29, 1.82) is 0 Å². The second-order valence-electron chi connectivity index (χ2n) is 8.30. The number of anilines is 1. The van der Waals surface area contributed by atoms with Crippen molar-refractivity contribution in [2.45, 2.75) is 25.3 Å². The second kappa shape index (κ2) is 8.92. The highest BCUT2D eigenvalue weighted by molar-refractivity contribution is 5.94. The van der Waals surface area contributed by atoms with Crippen LogP contribution < -0.4 is 5.32 Å². The molecule has 3 heterocycles. The number of benzene rings is 1. The van der Waals surface area contributed by atoms with E-state index < -0.39 is 0 Å². The molecular formula is C23H27FN4O2. The predicted octanol–water partition coefficient (Wildman–Crippen LogP) is 3.03. The van der Waals surface area contributed by atoms with Gasteiger partial charge in [0.1, 0.15) is 5.82 Å². The van der Waals surface area contributed by atoms with E-state index in [0.29, 0.717) is 29.8 Å². The summed E-state index contributed by atoms with van der Waals surface area (Å²) in [5.74, 6) is -0.00581. The summed E-state index contributed by atoms with van der Waals surface area (Å²) in [6.07, 6.45) is 5.94.